The van der Waals surface area contributed by atoms with Crippen LogP contribution in [-0.4, -0.2) is 69.5 Å². The predicted octanol–water partition coefficient (Wildman–Crippen LogP) is 0.686. The number of guanidine groups is 2. The predicted molar refractivity (Wildman–Crippen MR) is 117 cm³/mol. The van der Waals surface area contributed by atoms with E-state index in [0.717, 1.165) is 31.1 Å². The number of hydrogen-bond acceptors (Lipinski definition) is 7. The summed E-state index contributed by atoms with van der Waals surface area (Å²) in [7, 11) is -2.22. The summed E-state index contributed by atoms with van der Waals surface area (Å²) >= 11 is 0. The lowest BCUT2D eigenvalue weighted by molar-refractivity contribution is 0.196. The fourth-order valence-corrected chi connectivity index (χ4v) is 4.69. The van der Waals surface area contributed by atoms with Crippen molar-refractivity contribution >= 4 is 27.8 Å². The minimum atomic E-state index is -3.83. The summed E-state index contributed by atoms with van der Waals surface area (Å²) in [5.74, 6) is 0.911. The van der Waals surface area contributed by atoms with Crippen molar-refractivity contribution in [2.24, 2.45) is 15.1 Å². The molecule has 1 atom stereocenters. The number of rotatable bonds is 5. The third-order valence-corrected chi connectivity index (χ3v) is 6.39. The van der Waals surface area contributed by atoms with Crippen LogP contribution in [0.25, 0.3) is 0 Å². The maximum absolute atomic E-state index is 11.7. The number of ether oxygens (including phenoxy) is 1. The van der Waals surface area contributed by atoms with Gasteiger partial charge in [-0.3, -0.25) is 14.8 Å². The molecular weight excluding hydrogens is 406 g/mol. The average Bonchev–Trinajstić information content (AvgIpc) is 2.71. The Hall–Kier alpha value is -2.53. The van der Waals surface area contributed by atoms with Crippen LogP contribution in [0.5, 0.6) is 5.75 Å². The van der Waals surface area contributed by atoms with Crippen molar-refractivity contribution in [3.8, 4) is 5.75 Å². The van der Waals surface area contributed by atoms with Gasteiger partial charge in [-0.1, -0.05) is 12.5 Å². The first-order valence-corrected chi connectivity index (χ1v) is 11.8. The summed E-state index contributed by atoms with van der Waals surface area (Å²) < 4.78 is 35.2. The van der Waals surface area contributed by atoms with Gasteiger partial charge in [0, 0.05) is 26.6 Å². The highest BCUT2D eigenvalue weighted by Crippen LogP contribution is 2.31. The van der Waals surface area contributed by atoms with Crippen LogP contribution in [0.2, 0.25) is 0 Å². The molecule has 4 rings (SSSR count). The summed E-state index contributed by atoms with van der Waals surface area (Å²) in [6.07, 6.45) is 4.46. The van der Waals surface area contributed by atoms with Crippen LogP contribution in [0.15, 0.2) is 27.6 Å². The van der Waals surface area contributed by atoms with Gasteiger partial charge in [0.25, 0.3) is 0 Å². The SMILES string of the molecule is CN1C(N)=NS(=O)(=O)NC1=NCCC1CNc2ccc(CN3CCCCC3)cc2O1. The molecule has 1 fully saturated rings. The molecule has 0 aliphatic carbocycles. The first kappa shape index (κ1) is 20.7. The Balaban J connectivity index is 1.35. The highest BCUT2D eigenvalue weighted by molar-refractivity contribution is 7.89. The van der Waals surface area contributed by atoms with Crippen molar-refractivity contribution in [1.82, 2.24) is 14.5 Å². The molecule has 0 spiro atoms. The summed E-state index contributed by atoms with van der Waals surface area (Å²) in [4.78, 5) is 8.23. The lowest BCUT2D eigenvalue weighted by Crippen LogP contribution is -2.52. The molecule has 0 aromatic heterocycles. The first-order chi connectivity index (χ1) is 14.4. The van der Waals surface area contributed by atoms with Crippen LogP contribution >= 0.6 is 0 Å². The lowest BCUT2D eigenvalue weighted by atomic mass is 10.1. The van der Waals surface area contributed by atoms with Gasteiger partial charge in [-0.25, -0.2) is 4.72 Å². The highest BCUT2D eigenvalue weighted by Gasteiger charge is 2.25. The zero-order chi connectivity index (χ0) is 21.1. The van der Waals surface area contributed by atoms with Crippen molar-refractivity contribution in [3.05, 3.63) is 23.8 Å². The molecule has 0 bridgehead atoms. The number of benzene rings is 1. The van der Waals surface area contributed by atoms with E-state index in [-0.39, 0.29) is 18.0 Å². The van der Waals surface area contributed by atoms with E-state index in [1.165, 1.54) is 29.7 Å². The largest absolute Gasteiger partial charge is 0.486 e. The Bertz CT molecular complexity index is 941. The van der Waals surface area contributed by atoms with Crippen LogP contribution in [0.1, 0.15) is 31.2 Å². The van der Waals surface area contributed by atoms with Crippen molar-refractivity contribution < 1.29 is 13.2 Å². The van der Waals surface area contributed by atoms with Gasteiger partial charge in [0.15, 0.2) is 0 Å². The van der Waals surface area contributed by atoms with Gasteiger partial charge in [-0.05, 0) is 43.6 Å². The number of nitrogens with two attached hydrogens (primary N) is 1. The summed E-state index contributed by atoms with van der Waals surface area (Å²) in [6.45, 7) is 4.34. The minimum Gasteiger partial charge on any atom is -0.486 e. The number of nitrogens with one attached hydrogen (secondary N) is 2. The fourth-order valence-electron chi connectivity index (χ4n) is 3.84. The molecule has 4 N–H and O–H groups in total. The van der Waals surface area contributed by atoms with Crippen molar-refractivity contribution in [1.29, 1.82) is 0 Å². The monoisotopic (exact) mass is 435 g/mol. The molecule has 3 aliphatic heterocycles. The van der Waals surface area contributed by atoms with Crippen LogP contribution in [0, 0.1) is 0 Å². The van der Waals surface area contributed by atoms with Crippen molar-refractivity contribution in [2.45, 2.75) is 38.3 Å². The maximum Gasteiger partial charge on any atom is 0.347 e. The molecule has 1 unspecified atom stereocenters. The lowest BCUT2D eigenvalue weighted by Gasteiger charge is -2.29. The van der Waals surface area contributed by atoms with Gasteiger partial charge in [0.1, 0.15) is 11.9 Å². The summed E-state index contributed by atoms with van der Waals surface area (Å²) in [5, 5.41) is 3.41. The van der Waals surface area contributed by atoms with E-state index >= 15 is 0 Å². The highest BCUT2D eigenvalue weighted by atomic mass is 32.2. The average molecular weight is 436 g/mol. The Morgan fingerprint density at radius 1 is 1.30 bits per heavy atom. The molecule has 0 amide bonds. The number of anilines is 1. The Morgan fingerprint density at radius 2 is 2.10 bits per heavy atom. The summed E-state index contributed by atoms with van der Waals surface area (Å²) in [5.41, 5.74) is 7.89. The number of fused-ring (bicyclic) bond motifs is 1. The first-order valence-electron chi connectivity index (χ1n) is 10.3. The van der Waals surface area contributed by atoms with Gasteiger partial charge in [0.2, 0.25) is 11.9 Å². The van der Waals surface area contributed by atoms with Gasteiger partial charge in [-0.2, -0.15) is 8.42 Å². The van der Waals surface area contributed by atoms with E-state index in [0.29, 0.717) is 19.5 Å². The van der Waals surface area contributed by atoms with Gasteiger partial charge in [0.05, 0.1) is 12.2 Å². The molecular formula is C19H29N7O3S. The maximum atomic E-state index is 11.7. The van der Waals surface area contributed by atoms with E-state index in [1.54, 1.807) is 7.05 Å². The third kappa shape index (κ3) is 4.96. The Morgan fingerprint density at radius 3 is 2.90 bits per heavy atom. The third-order valence-electron chi connectivity index (χ3n) is 5.52. The second-order valence-electron chi connectivity index (χ2n) is 7.87. The van der Waals surface area contributed by atoms with Gasteiger partial charge in [-0.15, -0.1) is 4.40 Å². The normalized spacial score (nSPS) is 25.0. The number of hydrogen-bond donors (Lipinski definition) is 3. The van der Waals surface area contributed by atoms with Crippen LogP contribution in [0.4, 0.5) is 5.69 Å². The number of aliphatic imine (C=N–C) groups is 1. The van der Waals surface area contributed by atoms with E-state index in [4.69, 9.17) is 10.5 Å². The van der Waals surface area contributed by atoms with E-state index in [2.05, 4.69) is 42.5 Å². The molecule has 1 aromatic rings. The number of nitrogens with zero attached hydrogens (tertiary/aromatic N) is 4. The van der Waals surface area contributed by atoms with Gasteiger partial charge >= 0.3 is 10.2 Å². The Kier molecular flexibility index (Phi) is 6.00. The molecule has 164 valence electrons. The molecule has 10 nitrogen and oxygen atoms in total. The van der Waals surface area contributed by atoms with E-state index in [9.17, 15) is 8.42 Å². The second-order valence-corrected chi connectivity index (χ2v) is 9.20. The molecule has 0 radical (unpaired) electrons. The fraction of sp³-hybridized carbons (Fsp3) is 0.579. The zero-order valence-corrected chi connectivity index (χ0v) is 18.0. The van der Waals surface area contributed by atoms with Crippen molar-refractivity contribution in [2.75, 3.05) is 38.5 Å². The molecule has 3 aliphatic rings. The standard InChI is InChI=1S/C19H29N7O3S/c1-25-18(20)23-30(27,28)24-19(25)21-8-7-15-12-22-16-6-5-14(11-17(16)29-15)13-26-9-3-2-4-10-26/h5-6,11,15,22H,2-4,7-10,12-13H2,1H3,(H2,20,23)(H,21,24). The molecule has 1 aromatic carbocycles. The topological polar surface area (TPSA) is 125 Å². The van der Waals surface area contributed by atoms with Gasteiger partial charge < -0.3 is 15.8 Å². The molecule has 30 heavy (non-hydrogen) atoms. The molecule has 3 heterocycles. The van der Waals surface area contributed by atoms with E-state index < -0.39 is 10.2 Å². The minimum absolute atomic E-state index is 0.0522. The smallest absolute Gasteiger partial charge is 0.347 e. The quantitative estimate of drug-likeness (QED) is 0.621. The molecule has 0 saturated carbocycles. The van der Waals surface area contributed by atoms with E-state index in [1.807, 2.05) is 0 Å². The second kappa shape index (κ2) is 8.68. The van der Waals surface area contributed by atoms with Crippen molar-refractivity contribution in [3.63, 3.8) is 0 Å². The summed E-state index contributed by atoms with van der Waals surface area (Å²) in [6, 6.07) is 6.36. The molecule has 1 saturated heterocycles. The van der Waals surface area contributed by atoms with Crippen LogP contribution < -0.4 is 20.5 Å². The zero-order valence-electron chi connectivity index (χ0n) is 17.2. The van der Waals surface area contributed by atoms with Crippen LogP contribution in [0.3, 0.4) is 0 Å². The molecule has 11 heteroatoms. The Labute approximate surface area is 177 Å². The number of piperidine rings is 1. The van der Waals surface area contributed by atoms with Crippen LogP contribution in [-0.2, 0) is 16.8 Å². The number of likely N-dealkylation sites (tertiary alicyclic amines) is 1.